The molecule has 0 bridgehead atoms. The van der Waals surface area contributed by atoms with E-state index in [0.29, 0.717) is 12.9 Å². The lowest BCUT2D eigenvalue weighted by Gasteiger charge is -2.09. The number of hydrogen-bond donors (Lipinski definition) is 1. The van der Waals surface area contributed by atoms with E-state index in [-0.39, 0.29) is 12.1 Å². The second-order valence-corrected chi connectivity index (χ2v) is 3.56. The van der Waals surface area contributed by atoms with Gasteiger partial charge in [-0.1, -0.05) is 0 Å². The molecule has 1 aromatic rings. The van der Waals surface area contributed by atoms with Gasteiger partial charge in [0.05, 0.1) is 6.61 Å². The number of halogens is 2. The number of hydrogen-bond acceptors (Lipinski definition) is 4. The Morgan fingerprint density at radius 1 is 1.37 bits per heavy atom. The summed E-state index contributed by atoms with van der Waals surface area (Å²) < 4.78 is 36.2. The molecule has 0 aromatic heterocycles. The van der Waals surface area contributed by atoms with Gasteiger partial charge in [0.1, 0.15) is 6.29 Å². The molecule has 0 radical (unpaired) electrons. The van der Waals surface area contributed by atoms with E-state index in [1.807, 2.05) is 0 Å². The van der Waals surface area contributed by atoms with Crippen molar-refractivity contribution in [1.82, 2.24) is 5.32 Å². The molecule has 1 aromatic carbocycles. The predicted octanol–water partition coefficient (Wildman–Crippen LogP) is 0.919. The van der Waals surface area contributed by atoms with E-state index in [4.69, 9.17) is 9.47 Å². The summed E-state index contributed by atoms with van der Waals surface area (Å²) in [6, 6.07) is 1.66. The van der Waals surface area contributed by atoms with E-state index < -0.39 is 29.9 Å². The first-order valence-corrected chi connectivity index (χ1v) is 5.41. The van der Waals surface area contributed by atoms with Gasteiger partial charge in [-0.3, -0.25) is 9.59 Å². The van der Waals surface area contributed by atoms with Crippen molar-refractivity contribution in [2.45, 2.75) is 0 Å². The Morgan fingerprint density at radius 2 is 2.00 bits per heavy atom. The smallest absolute Gasteiger partial charge is 0.258 e. The summed E-state index contributed by atoms with van der Waals surface area (Å²) in [5.41, 5.74) is -0.146. The van der Waals surface area contributed by atoms with Gasteiger partial charge in [-0.25, -0.2) is 8.78 Å². The summed E-state index contributed by atoms with van der Waals surface area (Å²) in [5.74, 6) is -3.29. The fraction of sp³-hybridized carbons (Fsp3) is 0.333. The van der Waals surface area contributed by atoms with Gasteiger partial charge >= 0.3 is 0 Å². The highest BCUT2D eigenvalue weighted by Crippen LogP contribution is 2.22. The summed E-state index contributed by atoms with van der Waals surface area (Å²) in [7, 11) is 1.47. The Labute approximate surface area is 108 Å². The number of nitrogens with one attached hydrogen (secondary N) is 1. The van der Waals surface area contributed by atoms with Gasteiger partial charge in [0.25, 0.3) is 5.91 Å². The zero-order valence-corrected chi connectivity index (χ0v) is 10.2. The highest BCUT2D eigenvalue weighted by Gasteiger charge is 2.14. The lowest BCUT2D eigenvalue weighted by Crippen LogP contribution is -2.31. The van der Waals surface area contributed by atoms with E-state index in [1.54, 1.807) is 0 Å². The highest BCUT2D eigenvalue weighted by molar-refractivity contribution is 5.77. The van der Waals surface area contributed by atoms with Crippen molar-refractivity contribution in [1.29, 1.82) is 0 Å². The monoisotopic (exact) mass is 273 g/mol. The van der Waals surface area contributed by atoms with Gasteiger partial charge in [-0.15, -0.1) is 0 Å². The van der Waals surface area contributed by atoms with Crippen molar-refractivity contribution < 1.29 is 27.8 Å². The largest absolute Gasteiger partial charge is 0.478 e. The fourth-order valence-electron chi connectivity index (χ4n) is 1.27. The molecule has 0 unspecified atom stereocenters. The van der Waals surface area contributed by atoms with Crippen molar-refractivity contribution >= 4 is 12.2 Å². The fourth-order valence-corrected chi connectivity index (χ4v) is 1.27. The molecule has 0 fully saturated rings. The van der Waals surface area contributed by atoms with Crippen LogP contribution in [0.4, 0.5) is 8.78 Å². The van der Waals surface area contributed by atoms with Crippen LogP contribution in [-0.2, 0) is 9.53 Å². The van der Waals surface area contributed by atoms with Crippen LogP contribution >= 0.6 is 0 Å². The van der Waals surface area contributed by atoms with Crippen molar-refractivity contribution in [2.75, 3.05) is 26.9 Å². The van der Waals surface area contributed by atoms with Gasteiger partial charge < -0.3 is 14.8 Å². The van der Waals surface area contributed by atoms with Crippen LogP contribution in [0.1, 0.15) is 10.4 Å². The van der Waals surface area contributed by atoms with E-state index in [1.165, 1.54) is 7.11 Å². The molecule has 5 nitrogen and oxygen atoms in total. The molecule has 0 spiro atoms. The van der Waals surface area contributed by atoms with Crippen LogP contribution in [0.25, 0.3) is 0 Å². The number of carbonyl (C=O) groups is 2. The maximum atomic E-state index is 13.4. The number of methoxy groups -OCH3 is 1. The lowest BCUT2D eigenvalue weighted by molar-refractivity contribution is -0.123. The van der Waals surface area contributed by atoms with Crippen LogP contribution < -0.4 is 10.1 Å². The second kappa shape index (κ2) is 7.42. The third-order valence-corrected chi connectivity index (χ3v) is 2.13. The molecule has 0 saturated heterocycles. The van der Waals surface area contributed by atoms with Gasteiger partial charge in [0, 0.05) is 19.2 Å². The molecule has 0 heterocycles. The minimum absolute atomic E-state index is 0.146. The van der Waals surface area contributed by atoms with Crippen LogP contribution in [-0.4, -0.2) is 39.1 Å². The Balaban J connectivity index is 2.58. The summed E-state index contributed by atoms with van der Waals surface area (Å²) in [6.45, 7) is 0.0637. The third kappa shape index (κ3) is 4.63. The number of carbonyl (C=O) groups excluding carboxylic acids is 2. The van der Waals surface area contributed by atoms with Crippen molar-refractivity contribution in [3.63, 3.8) is 0 Å². The minimum atomic E-state index is -1.04. The van der Waals surface area contributed by atoms with E-state index in [9.17, 15) is 18.4 Å². The standard InChI is InChI=1S/C12H13F2NO4/c1-18-3-2-15-11(17)7-19-12-9(13)4-8(6-16)5-10(12)14/h4-6H,2-3,7H2,1H3,(H,15,17). The summed E-state index contributed by atoms with van der Waals surface area (Å²) in [4.78, 5) is 21.6. The number of aldehydes is 1. The Bertz CT molecular complexity index is 442. The zero-order chi connectivity index (χ0) is 14.3. The molecule has 0 aliphatic rings. The minimum Gasteiger partial charge on any atom is -0.478 e. The first-order chi connectivity index (χ1) is 9.08. The van der Waals surface area contributed by atoms with Crippen LogP contribution in [0, 0.1) is 11.6 Å². The number of rotatable bonds is 7. The quantitative estimate of drug-likeness (QED) is 0.592. The molecule has 0 atom stereocenters. The molecule has 0 aliphatic carbocycles. The lowest BCUT2D eigenvalue weighted by atomic mass is 10.2. The molecule has 0 aliphatic heterocycles. The molecule has 19 heavy (non-hydrogen) atoms. The Hall–Kier alpha value is -2.02. The number of amides is 1. The topological polar surface area (TPSA) is 64.6 Å². The normalized spacial score (nSPS) is 10.1. The van der Waals surface area contributed by atoms with Crippen LogP contribution in [0.3, 0.4) is 0 Å². The molecular formula is C12H13F2NO4. The second-order valence-electron chi connectivity index (χ2n) is 3.56. The maximum absolute atomic E-state index is 13.4. The first-order valence-electron chi connectivity index (χ1n) is 5.41. The maximum Gasteiger partial charge on any atom is 0.258 e. The molecule has 7 heteroatoms. The van der Waals surface area contributed by atoms with Gasteiger partial charge in [-0.2, -0.15) is 0 Å². The average Bonchev–Trinajstić information content (AvgIpc) is 2.37. The molecule has 1 rings (SSSR count). The summed E-state index contributed by atoms with van der Waals surface area (Å²) in [6.07, 6.45) is 0.313. The Morgan fingerprint density at radius 3 is 2.53 bits per heavy atom. The SMILES string of the molecule is COCCNC(=O)COc1c(F)cc(C=O)cc1F. The first kappa shape index (κ1) is 15.0. The number of benzene rings is 1. The highest BCUT2D eigenvalue weighted by atomic mass is 19.1. The zero-order valence-electron chi connectivity index (χ0n) is 10.2. The molecule has 1 amide bonds. The van der Waals surface area contributed by atoms with Crippen molar-refractivity contribution in [3.8, 4) is 5.75 Å². The van der Waals surface area contributed by atoms with Crippen molar-refractivity contribution in [3.05, 3.63) is 29.3 Å². The van der Waals surface area contributed by atoms with E-state index in [0.717, 1.165) is 12.1 Å². The van der Waals surface area contributed by atoms with E-state index >= 15 is 0 Å². The number of ether oxygens (including phenoxy) is 2. The van der Waals surface area contributed by atoms with Crippen molar-refractivity contribution in [2.24, 2.45) is 0 Å². The molecular weight excluding hydrogens is 260 g/mol. The van der Waals surface area contributed by atoms with E-state index in [2.05, 4.69) is 5.32 Å². The predicted molar refractivity (Wildman–Crippen MR) is 62.1 cm³/mol. The van der Waals surface area contributed by atoms with Gasteiger partial charge in [-0.05, 0) is 12.1 Å². The summed E-state index contributed by atoms with van der Waals surface area (Å²) >= 11 is 0. The van der Waals surface area contributed by atoms with Crippen LogP contribution in [0.5, 0.6) is 5.75 Å². The molecule has 104 valence electrons. The Kier molecular flexibility index (Phi) is 5.87. The molecule has 0 saturated carbocycles. The van der Waals surface area contributed by atoms with Gasteiger partial charge in [0.15, 0.2) is 24.0 Å². The van der Waals surface area contributed by atoms with Gasteiger partial charge in [0.2, 0.25) is 0 Å². The molecule has 1 N–H and O–H groups in total. The van der Waals surface area contributed by atoms with Crippen LogP contribution in [0.2, 0.25) is 0 Å². The average molecular weight is 273 g/mol. The summed E-state index contributed by atoms with van der Waals surface area (Å²) in [5, 5.41) is 2.43. The third-order valence-electron chi connectivity index (χ3n) is 2.13. The van der Waals surface area contributed by atoms with Crippen LogP contribution in [0.15, 0.2) is 12.1 Å².